The highest BCUT2D eigenvalue weighted by Gasteiger charge is 2.34. The summed E-state index contributed by atoms with van der Waals surface area (Å²) in [7, 11) is 0. The van der Waals surface area contributed by atoms with E-state index in [1.807, 2.05) is 6.07 Å². The number of anilines is 2. The lowest BCUT2D eigenvalue weighted by Gasteiger charge is -2.38. The molecule has 1 aromatic heterocycles. The maximum Gasteiger partial charge on any atom is 0.134 e. The smallest absolute Gasteiger partial charge is 0.134 e. The molecule has 3 heterocycles. The molecular weight excluding hydrogens is 408 g/mol. The molecule has 0 unspecified atom stereocenters. The second-order valence-electron chi connectivity index (χ2n) is 7.12. The monoisotopic (exact) mass is 432 g/mol. The highest BCUT2D eigenvalue weighted by atomic mass is 79.9. The molecule has 27 heavy (non-hydrogen) atoms. The van der Waals surface area contributed by atoms with Crippen molar-refractivity contribution in [3.05, 3.63) is 46.7 Å². The van der Waals surface area contributed by atoms with Gasteiger partial charge < -0.3 is 19.7 Å². The van der Waals surface area contributed by atoms with Crippen LogP contribution in [0.4, 0.5) is 11.6 Å². The van der Waals surface area contributed by atoms with Gasteiger partial charge in [-0.15, -0.1) is 0 Å². The Morgan fingerprint density at radius 3 is 2.59 bits per heavy atom. The van der Waals surface area contributed by atoms with Gasteiger partial charge in [-0.3, -0.25) is 0 Å². The number of halogens is 1. The van der Waals surface area contributed by atoms with Crippen LogP contribution in [-0.2, 0) is 14.9 Å². The van der Waals surface area contributed by atoms with E-state index in [0.29, 0.717) is 0 Å². The van der Waals surface area contributed by atoms with Gasteiger partial charge in [0, 0.05) is 48.8 Å². The average molecular weight is 433 g/mol. The Labute approximate surface area is 168 Å². The summed E-state index contributed by atoms with van der Waals surface area (Å²) in [6, 6.07) is 10.7. The van der Waals surface area contributed by atoms with Crippen LogP contribution < -0.4 is 10.2 Å². The molecule has 0 aliphatic carbocycles. The Kier molecular flexibility index (Phi) is 5.90. The molecule has 7 heteroatoms. The van der Waals surface area contributed by atoms with Gasteiger partial charge in [0.05, 0.1) is 13.2 Å². The van der Waals surface area contributed by atoms with Crippen molar-refractivity contribution in [1.29, 1.82) is 0 Å². The van der Waals surface area contributed by atoms with Crippen LogP contribution in [0.3, 0.4) is 0 Å². The summed E-state index contributed by atoms with van der Waals surface area (Å²) in [6.45, 7) is 5.64. The normalized spacial score (nSPS) is 19.7. The second-order valence-corrected chi connectivity index (χ2v) is 8.03. The van der Waals surface area contributed by atoms with Gasteiger partial charge in [-0.05, 0) is 30.5 Å². The summed E-state index contributed by atoms with van der Waals surface area (Å²) in [4.78, 5) is 11.1. The van der Waals surface area contributed by atoms with Crippen molar-refractivity contribution < 1.29 is 9.47 Å². The minimum absolute atomic E-state index is 0.0477. The standard InChI is InChI=1S/C20H25BrN4O2/c21-17-3-1-2-16(12-17)20(4-8-26-9-5-20)14-22-18-13-19(24-15-23-18)25-6-10-27-11-7-25/h1-3,12-13,15H,4-11,14H2,(H,22,23,24). The van der Waals surface area contributed by atoms with Gasteiger partial charge in [-0.25, -0.2) is 9.97 Å². The molecule has 2 aromatic rings. The molecule has 6 nitrogen and oxygen atoms in total. The van der Waals surface area contributed by atoms with E-state index in [-0.39, 0.29) is 5.41 Å². The number of nitrogens with one attached hydrogen (secondary N) is 1. The van der Waals surface area contributed by atoms with E-state index < -0.39 is 0 Å². The molecule has 0 atom stereocenters. The molecule has 0 spiro atoms. The largest absolute Gasteiger partial charge is 0.381 e. The molecule has 1 aromatic carbocycles. The van der Waals surface area contributed by atoms with Crippen molar-refractivity contribution in [1.82, 2.24) is 9.97 Å². The third-order valence-corrected chi connectivity index (χ3v) is 5.98. The predicted molar refractivity (Wildman–Crippen MR) is 109 cm³/mol. The summed E-state index contributed by atoms with van der Waals surface area (Å²) < 4.78 is 12.2. The summed E-state index contributed by atoms with van der Waals surface area (Å²) in [5.74, 6) is 1.83. The number of hydrogen-bond acceptors (Lipinski definition) is 6. The van der Waals surface area contributed by atoms with E-state index in [1.165, 1.54) is 5.56 Å². The molecule has 0 saturated carbocycles. The first-order valence-corrected chi connectivity index (χ1v) is 10.3. The number of nitrogens with zero attached hydrogens (tertiary/aromatic N) is 3. The van der Waals surface area contributed by atoms with Crippen molar-refractivity contribution >= 4 is 27.6 Å². The molecule has 2 aliphatic heterocycles. The van der Waals surface area contributed by atoms with E-state index in [2.05, 4.69) is 60.4 Å². The summed E-state index contributed by atoms with van der Waals surface area (Å²) >= 11 is 3.61. The zero-order valence-electron chi connectivity index (χ0n) is 15.4. The Hall–Kier alpha value is -1.70. The van der Waals surface area contributed by atoms with Gasteiger partial charge in [-0.1, -0.05) is 28.1 Å². The molecule has 1 N–H and O–H groups in total. The van der Waals surface area contributed by atoms with Crippen LogP contribution in [0.15, 0.2) is 41.1 Å². The van der Waals surface area contributed by atoms with E-state index in [4.69, 9.17) is 9.47 Å². The SMILES string of the molecule is Brc1cccc(C2(CNc3cc(N4CCOCC4)ncn3)CCOCC2)c1. The van der Waals surface area contributed by atoms with Gasteiger partial charge in [-0.2, -0.15) is 0 Å². The van der Waals surface area contributed by atoms with Gasteiger partial charge in [0.25, 0.3) is 0 Å². The first-order chi connectivity index (χ1) is 13.3. The highest BCUT2D eigenvalue weighted by molar-refractivity contribution is 9.10. The lowest BCUT2D eigenvalue weighted by atomic mass is 9.74. The first-order valence-electron chi connectivity index (χ1n) is 9.48. The zero-order chi connectivity index (χ0) is 18.5. The number of morpholine rings is 1. The number of ether oxygens (including phenoxy) is 2. The summed E-state index contributed by atoms with van der Waals surface area (Å²) in [5, 5.41) is 3.57. The van der Waals surface area contributed by atoms with Crippen LogP contribution in [0.5, 0.6) is 0 Å². The lowest BCUT2D eigenvalue weighted by molar-refractivity contribution is 0.0543. The molecule has 2 saturated heterocycles. The van der Waals surface area contributed by atoms with Crippen molar-refractivity contribution in [2.75, 3.05) is 56.3 Å². The summed E-state index contributed by atoms with van der Waals surface area (Å²) in [5.41, 5.74) is 1.39. The molecule has 0 amide bonds. The molecule has 2 fully saturated rings. The fourth-order valence-corrected chi connectivity index (χ4v) is 4.22. The quantitative estimate of drug-likeness (QED) is 0.782. The number of rotatable bonds is 5. The molecule has 144 valence electrons. The first kappa shape index (κ1) is 18.7. The van der Waals surface area contributed by atoms with Crippen molar-refractivity contribution in [3.63, 3.8) is 0 Å². The maximum absolute atomic E-state index is 5.64. The predicted octanol–water partition coefficient (Wildman–Crippen LogP) is 3.24. The second kappa shape index (κ2) is 8.54. The van der Waals surface area contributed by atoms with Gasteiger partial charge in [0.1, 0.15) is 18.0 Å². The van der Waals surface area contributed by atoms with E-state index in [9.17, 15) is 0 Å². The van der Waals surface area contributed by atoms with E-state index in [1.54, 1.807) is 6.33 Å². The van der Waals surface area contributed by atoms with Crippen LogP contribution in [0, 0.1) is 0 Å². The summed E-state index contributed by atoms with van der Waals surface area (Å²) in [6.07, 6.45) is 3.64. The van der Waals surface area contributed by atoms with Crippen molar-refractivity contribution in [3.8, 4) is 0 Å². The Bertz CT molecular complexity index is 761. The Balaban J connectivity index is 1.51. The molecule has 4 rings (SSSR count). The van der Waals surface area contributed by atoms with Gasteiger partial charge in [0.15, 0.2) is 0 Å². The van der Waals surface area contributed by atoms with Crippen LogP contribution >= 0.6 is 15.9 Å². The number of aromatic nitrogens is 2. The Morgan fingerprint density at radius 1 is 1.04 bits per heavy atom. The fourth-order valence-electron chi connectivity index (χ4n) is 3.82. The fraction of sp³-hybridized carbons (Fsp3) is 0.500. The topological polar surface area (TPSA) is 59.5 Å². The van der Waals surface area contributed by atoms with Crippen LogP contribution in [0.1, 0.15) is 18.4 Å². The van der Waals surface area contributed by atoms with Crippen LogP contribution in [0.2, 0.25) is 0 Å². The third-order valence-electron chi connectivity index (χ3n) is 5.48. The van der Waals surface area contributed by atoms with Crippen LogP contribution in [-0.4, -0.2) is 56.0 Å². The highest BCUT2D eigenvalue weighted by Crippen LogP contribution is 2.36. The molecule has 0 radical (unpaired) electrons. The molecular formula is C20H25BrN4O2. The Morgan fingerprint density at radius 2 is 1.81 bits per heavy atom. The molecule has 0 bridgehead atoms. The number of hydrogen-bond donors (Lipinski definition) is 1. The van der Waals surface area contributed by atoms with Crippen molar-refractivity contribution in [2.45, 2.75) is 18.3 Å². The van der Waals surface area contributed by atoms with Crippen LogP contribution in [0.25, 0.3) is 0 Å². The van der Waals surface area contributed by atoms with Crippen molar-refractivity contribution in [2.24, 2.45) is 0 Å². The maximum atomic E-state index is 5.64. The van der Waals surface area contributed by atoms with E-state index in [0.717, 1.165) is 75.0 Å². The third kappa shape index (κ3) is 4.42. The van der Waals surface area contributed by atoms with Gasteiger partial charge in [0.2, 0.25) is 0 Å². The van der Waals surface area contributed by atoms with Gasteiger partial charge >= 0.3 is 0 Å². The molecule has 2 aliphatic rings. The number of benzene rings is 1. The average Bonchev–Trinajstić information content (AvgIpc) is 2.74. The zero-order valence-corrected chi connectivity index (χ0v) is 17.0. The lowest BCUT2D eigenvalue weighted by Crippen LogP contribution is -2.40. The minimum atomic E-state index is 0.0477. The minimum Gasteiger partial charge on any atom is -0.381 e. The van der Waals surface area contributed by atoms with E-state index >= 15 is 0 Å².